The van der Waals surface area contributed by atoms with Gasteiger partial charge in [-0.15, -0.1) is 0 Å². The standard InChI is InChI=1S/C13H20N4O3/c14-16-11-5-10(6-12(7-11)17(19)20)15-8-13(9-18)3-1-2-4-13/h5-7,15-16,18H,1-4,8-9,14H2. The molecule has 0 unspecified atom stereocenters. The summed E-state index contributed by atoms with van der Waals surface area (Å²) in [6.45, 7) is 0.742. The largest absolute Gasteiger partial charge is 0.396 e. The number of nitrogens with zero attached hydrogens (tertiary/aromatic N) is 1. The number of anilines is 2. The molecule has 0 bridgehead atoms. The Labute approximate surface area is 117 Å². The van der Waals surface area contributed by atoms with Crippen LogP contribution in [0, 0.1) is 15.5 Å². The summed E-state index contributed by atoms with van der Waals surface area (Å²) in [5.41, 5.74) is 3.40. The highest BCUT2D eigenvalue weighted by Gasteiger charge is 2.32. The van der Waals surface area contributed by atoms with Gasteiger partial charge in [-0.3, -0.25) is 16.0 Å². The van der Waals surface area contributed by atoms with E-state index in [2.05, 4.69) is 10.7 Å². The summed E-state index contributed by atoms with van der Waals surface area (Å²) >= 11 is 0. The average molecular weight is 280 g/mol. The quantitative estimate of drug-likeness (QED) is 0.359. The van der Waals surface area contributed by atoms with E-state index in [1.54, 1.807) is 6.07 Å². The molecule has 110 valence electrons. The zero-order valence-corrected chi connectivity index (χ0v) is 11.3. The lowest BCUT2D eigenvalue weighted by Crippen LogP contribution is -2.30. The van der Waals surface area contributed by atoms with Gasteiger partial charge in [-0.25, -0.2) is 0 Å². The SMILES string of the molecule is NNc1cc(NCC2(CO)CCCC2)cc([N+](=O)[O-])c1. The zero-order valence-electron chi connectivity index (χ0n) is 11.3. The summed E-state index contributed by atoms with van der Waals surface area (Å²) < 4.78 is 0. The summed E-state index contributed by atoms with van der Waals surface area (Å²) in [4.78, 5) is 10.4. The van der Waals surface area contributed by atoms with Crippen LogP contribution in [-0.4, -0.2) is 23.2 Å². The fourth-order valence-corrected chi connectivity index (χ4v) is 2.71. The van der Waals surface area contributed by atoms with E-state index in [4.69, 9.17) is 5.84 Å². The maximum atomic E-state index is 10.9. The van der Waals surface area contributed by atoms with Gasteiger partial charge in [0.1, 0.15) is 0 Å². The molecular weight excluding hydrogens is 260 g/mol. The van der Waals surface area contributed by atoms with Gasteiger partial charge < -0.3 is 15.8 Å². The Hall–Kier alpha value is -1.86. The van der Waals surface area contributed by atoms with E-state index in [1.807, 2.05) is 0 Å². The third-order valence-electron chi connectivity index (χ3n) is 3.96. The molecule has 2 rings (SSSR count). The number of hydrogen-bond acceptors (Lipinski definition) is 6. The molecule has 1 aliphatic carbocycles. The van der Waals surface area contributed by atoms with E-state index in [-0.39, 0.29) is 17.7 Å². The molecule has 0 spiro atoms. The number of nitrogens with two attached hydrogens (primary N) is 1. The van der Waals surface area contributed by atoms with Crippen molar-refractivity contribution in [1.29, 1.82) is 0 Å². The lowest BCUT2D eigenvalue weighted by atomic mass is 9.87. The molecule has 1 aromatic carbocycles. The Morgan fingerprint density at radius 2 is 1.95 bits per heavy atom. The minimum atomic E-state index is -0.455. The Morgan fingerprint density at radius 1 is 1.30 bits per heavy atom. The second-order valence-corrected chi connectivity index (χ2v) is 5.39. The Balaban J connectivity index is 2.12. The van der Waals surface area contributed by atoms with Gasteiger partial charge in [-0.05, 0) is 18.9 Å². The smallest absolute Gasteiger partial charge is 0.273 e. The summed E-state index contributed by atoms with van der Waals surface area (Å²) in [6, 6.07) is 4.57. The molecule has 5 N–H and O–H groups in total. The molecule has 0 aliphatic heterocycles. The Kier molecular flexibility index (Phi) is 4.41. The molecule has 1 aromatic rings. The van der Waals surface area contributed by atoms with Gasteiger partial charge in [0.25, 0.3) is 5.69 Å². The van der Waals surface area contributed by atoms with Crippen molar-refractivity contribution >= 4 is 17.1 Å². The number of rotatable bonds is 6. The summed E-state index contributed by atoms with van der Waals surface area (Å²) in [7, 11) is 0. The maximum Gasteiger partial charge on any atom is 0.273 e. The maximum absolute atomic E-state index is 10.9. The predicted octanol–water partition coefficient (Wildman–Crippen LogP) is 1.84. The molecule has 0 heterocycles. The van der Waals surface area contributed by atoms with Crippen LogP contribution in [0.5, 0.6) is 0 Å². The van der Waals surface area contributed by atoms with Crippen LogP contribution in [0.1, 0.15) is 25.7 Å². The van der Waals surface area contributed by atoms with E-state index in [1.165, 1.54) is 12.1 Å². The van der Waals surface area contributed by atoms with E-state index < -0.39 is 4.92 Å². The highest BCUT2D eigenvalue weighted by atomic mass is 16.6. The number of nitrogen functional groups attached to an aromatic ring is 1. The number of aliphatic hydroxyl groups is 1. The van der Waals surface area contributed by atoms with Crippen molar-refractivity contribution in [3.63, 3.8) is 0 Å². The van der Waals surface area contributed by atoms with Gasteiger partial charge in [-0.1, -0.05) is 12.8 Å². The van der Waals surface area contributed by atoms with E-state index >= 15 is 0 Å². The first-order valence-corrected chi connectivity index (χ1v) is 6.69. The first-order valence-electron chi connectivity index (χ1n) is 6.69. The first-order chi connectivity index (χ1) is 9.58. The second kappa shape index (κ2) is 6.06. The van der Waals surface area contributed by atoms with Crippen LogP contribution in [0.4, 0.5) is 17.1 Å². The number of nitro benzene ring substituents is 1. The summed E-state index contributed by atoms with van der Waals surface area (Å²) in [5, 5.41) is 23.6. The van der Waals surface area contributed by atoms with Crippen LogP contribution in [-0.2, 0) is 0 Å². The van der Waals surface area contributed by atoms with Crippen molar-refractivity contribution < 1.29 is 10.0 Å². The molecule has 0 aromatic heterocycles. The molecule has 1 fully saturated rings. The Morgan fingerprint density at radius 3 is 2.50 bits per heavy atom. The summed E-state index contributed by atoms with van der Waals surface area (Å²) in [5.74, 6) is 5.32. The minimum Gasteiger partial charge on any atom is -0.396 e. The minimum absolute atomic E-state index is 0.0209. The van der Waals surface area contributed by atoms with Gasteiger partial charge in [0.05, 0.1) is 17.2 Å². The van der Waals surface area contributed by atoms with Crippen molar-refractivity contribution in [2.24, 2.45) is 11.3 Å². The van der Waals surface area contributed by atoms with Crippen LogP contribution < -0.4 is 16.6 Å². The second-order valence-electron chi connectivity index (χ2n) is 5.39. The van der Waals surface area contributed by atoms with Gasteiger partial charge in [0.15, 0.2) is 0 Å². The molecular formula is C13H20N4O3. The molecule has 1 saturated carbocycles. The molecule has 0 atom stereocenters. The van der Waals surface area contributed by atoms with Gasteiger partial charge in [0, 0.05) is 29.8 Å². The average Bonchev–Trinajstić information content (AvgIpc) is 2.94. The van der Waals surface area contributed by atoms with Gasteiger partial charge in [0.2, 0.25) is 0 Å². The van der Waals surface area contributed by atoms with Crippen LogP contribution in [0.3, 0.4) is 0 Å². The fourth-order valence-electron chi connectivity index (χ4n) is 2.71. The number of aliphatic hydroxyl groups excluding tert-OH is 1. The molecule has 1 aliphatic rings. The molecule has 7 heteroatoms. The number of hydrogen-bond donors (Lipinski definition) is 4. The fraction of sp³-hybridized carbons (Fsp3) is 0.538. The lowest BCUT2D eigenvalue weighted by molar-refractivity contribution is -0.384. The molecule has 20 heavy (non-hydrogen) atoms. The zero-order chi connectivity index (χ0) is 14.6. The summed E-state index contributed by atoms with van der Waals surface area (Å²) in [6.07, 6.45) is 4.19. The third-order valence-corrected chi connectivity index (χ3v) is 3.96. The monoisotopic (exact) mass is 280 g/mol. The first kappa shape index (κ1) is 14.5. The normalized spacial score (nSPS) is 16.9. The molecule has 0 saturated heterocycles. The number of nitrogens with one attached hydrogen (secondary N) is 2. The number of benzene rings is 1. The number of non-ortho nitro benzene ring substituents is 1. The van der Waals surface area contributed by atoms with Crippen LogP contribution in [0.2, 0.25) is 0 Å². The van der Waals surface area contributed by atoms with Gasteiger partial charge in [-0.2, -0.15) is 0 Å². The van der Waals surface area contributed by atoms with Gasteiger partial charge >= 0.3 is 0 Å². The van der Waals surface area contributed by atoms with E-state index in [0.717, 1.165) is 25.7 Å². The lowest BCUT2D eigenvalue weighted by Gasteiger charge is -2.27. The van der Waals surface area contributed by atoms with E-state index in [9.17, 15) is 15.2 Å². The van der Waals surface area contributed by atoms with Crippen molar-refractivity contribution in [3.8, 4) is 0 Å². The van der Waals surface area contributed by atoms with Crippen molar-refractivity contribution in [1.82, 2.24) is 0 Å². The number of hydrazine groups is 1. The third kappa shape index (κ3) is 3.17. The Bertz CT molecular complexity index is 487. The molecule has 0 amide bonds. The van der Waals surface area contributed by atoms with Crippen molar-refractivity contribution in [2.75, 3.05) is 23.9 Å². The van der Waals surface area contributed by atoms with Crippen LogP contribution in [0.25, 0.3) is 0 Å². The molecule has 7 nitrogen and oxygen atoms in total. The van der Waals surface area contributed by atoms with Crippen molar-refractivity contribution in [3.05, 3.63) is 28.3 Å². The van der Waals surface area contributed by atoms with Crippen LogP contribution >= 0.6 is 0 Å². The number of nitro groups is 1. The van der Waals surface area contributed by atoms with E-state index in [0.29, 0.717) is 17.9 Å². The predicted molar refractivity (Wildman–Crippen MR) is 77.4 cm³/mol. The highest BCUT2D eigenvalue weighted by Crippen LogP contribution is 2.38. The van der Waals surface area contributed by atoms with Crippen LogP contribution in [0.15, 0.2) is 18.2 Å². The topological polar surface area (TPSA) is 113 Å². The molecule has 0 radical (unpaired) electrons. The van der Waals surface area contributed by atoms with Crippen molar-refractivity contribution in [2.45, 2.75) is 25.7 Å². The highest BCUT2D eigenvalue weighted by molar-refractivity contribution is 5.63.